The van der Waals surface area contributed by atoms with E-state index in [9.17, 15) is 14.7 Å². The lowest BCUT2D eigenvalue weighted by atomic mass is 9.80. The van der Waals surface area contributed by atoms with Crippen molar-refractivity contribution in [2.24, 2.45) is 11.8 Å². The summed E-state index contributed by atoms with van der Waals surface area (Å²) in [6, 6.07) is 19.8. The smallest absolute Gasteiger partial charge is 0.348 e. The van der Waals surface area contributed by atoms with Crippen LogP contribution in [0.25, 0.3) is 0 Å². The normalized spacial score (nSPS) is 18.7. The maximum Gasteiger partial charge on any atom is 0.348 e. The highest BCUT2D eigenvalue weighted by atomic mass is 16.6. The summed E-state index contributed by atoms with van der Waals surface area (Å²) in [6.45, 7) is 5.55. The molecule has 1 fully saturated rings. The largest absolute Gasteiger partial charge is 0.478 e. The number of aromatic nitrogens is 2. The highest BCUT2D eigenvalue weighted by Gasteiger charge is 2.50. The van der Waals surface area contributed by atoms with Crippen molar-refractivity contribution in [3.05, 3.63) is 89.2 Å². The number of rotatable bonds is 10. The van der Waals surface area contributed by atoms with Crippen molar-refractivity contribution < 1.29 is 24.2 Å². The number of carboxylic acid groups (broad SMARTS) is 1. The van der Waals surface area contributed by atoms with Crippen molar-refractivity contribution in [3.63, 3.8) is 0 Å². The molecule has 1 saturated carbocycles. The molecule has 0 amide bonds. The first-order chi connectivity index (χ1) is 17.8. The lowest BCUT2D eigenvalue weighted by Gasteiger charge is -2.39. The van der Waals surface area contributed by atoms with Crippen molar-refractivity contribution >= 4 is 11.8 Å². The minimum absolute atomic E-state index is 0.0186. The molecule has 0 saturated heterocycles. The lowest BCUT2D eigenvalue weighted by Crippen LogP contribution is -2.52. The number of carbonyl (C=O) groups excluding carboxylic acids is 1. The zero-order valence-electron chi connectivity index (χ0n) is 21.6. The second kappa shape index (κ2) is 11.6. The molecule has 4 rings (SSSR count). The molecule has 1 atom stereocenters. The van der Waals surface area contributed by atoms with E-state index in [1.54, 1.807) is 44.2 Å². The average molecular weight is 503 g/mol. The van der Waals surface area contributed by atoms with E-state index in [1.165, 1.54) is 0 Å². The van der Waals surface area contributed by atoms with Gasteiger partial charge in [-0.05, 0) is 49.8 Å². The Morgan fingerprint density at radius 2 is 1.43 bits per heavy atom. The zero-order valence-corrected chi connectivity index (χ0v) is 21.6. The fourth-order valence-electron chi connectivity index (χ4n) is 5.13. The third-order valence-corrected chi connectivity index (χ3v) is 7.10. The summed E-state index contributed by atoms with van der Waals surface area (Å²) in [6.07, 6.45) is 2.08. The van der Waals surface area contributed by atoms with Crippen molar-refractivity contribution in [2.45, 2.75) is 58.2 Å². The summed E-state index contributed by atoms with van der Waals surface area (Å²) >= 11 is 0. The fraction of sp³-hybridized carbons (Fsp3) is 0.400. The van der Waals surface area contributed by atoms with Gasteiger partial charge in [0.2, 0.25) is 6.10 Å². The second-order valence-corrected chi connectivity index (χ2v) is 9.95. The Morgan fingerprint density at radius 1 is 0.919 bits per heavy atom. The highest BCUT2D eigenvalue weighted by molar-refractivity contribution is 5.82. The molecule has 7 heteroatoms. The van der Waals surface area contributed by atoms with Gasteiger partial charge in [0.05, 0.1) is 0 Å². The number of Topliss-reactive ketones (excluding diaryl/α,β-unsaturated/α-hetero) is 1. The molecule has 1 heterocycles. The van der Waals surface area contributed by atoms with Crippen molar-refractivity contribution in [2.75, 3.05) is 6.61 Å². The van der Waals surface area contributed by atoms with Crippen LogP contribution in [0, 0.1) is 25.7 Å². The number of hydrogen-bond acceptors (Lipinski definition) is 6. The van der Waals surface area contributed by atoms with E-state index < -0.39 is 17.7 Å². The van der Waals surface area contributed by atoms with Crippen LogP contribution in [-0.4, -0.2) is 39.5 Å². The number of hydrogen-bond donors (Lipinski definition) is 1. The Kier molecular flexibility index (Phi) is 8.34. The van der Waals surface area contributed by atoms with Gasteiger partial charge < -0.3 is 14.6 Å². The lowest BCUT2D eigenvalue weighted by molar-refractivity contribution is -0.167. The van der Waals surface area contributed by atoms with Gasteiger partial charge in [0.25, 0.3) is 0 Å². The van der Waals surface area contributed by atoms with Crippen molar-refractivity contribution in [3.8, 4) is 6.01 Å². The van der Waals surface area contributed by atoms with Crippen molar-refractivity contribution in [1.29, 1.82) is 0 Å². The second-order valence-electron chi connectivity index (χ2n) is 9.95. The summed E-state index contributed by atoms with van der Waals surface area (Å²) in [5.74, 6) is -0.753. The molecule has 194 valence electrons. The van der Waals surface area contributed by atoms with Gasteiger partial charge in [0, 0.05) is 17.3 Å². The quantitative estimate of drug-likeness (QED) is 0.403. The van der Waals surface area contributed by atoms with Crippen LogP contribution < -0.4 is 4.74 Å². The van der Waals surface area contributed by atoms with Crippen LogP contribution in [0.4, 0.5) is 0 Å². The molecule has 0 aliphatic heterocycles. The number of benzene rings is 2. The van der Waals surface area contributed by atoms with Crippen molar-refractivity contribution in [1.82, 2.24) is 9.97 Å². The number of aryl methyl sites for hydroxylation is 2. The van der Waals surface area contributed by atoms with E-state index in [-0.39, 0.29) is 24.3 Å². The Hall–Kier alpha value is -3.58. The minimum Gasteiger partial charge on any atom is -0.478 e. The number of ketones is 1. The predicted octanol–water partition coefficient (Wildman–Crippen LogP) is 5.28. The summed E-state index contributed by atoms with van der Waals surface area (Å²) < 4.78 is 12.5. The van der Waals surface area contributed by atoms with Crippen LogP contribution in [0.2, 0.25) is 0 Å². The predicted molar refractivity (Wildman–Crippen MR) is 139 cm³/mol. The molecular weight excluding hydrogens is 468 g/mol. The van der Waals surface area contributed by atoms with Gasteiger partial charge in [0.15, 0.2) is 11.4 Å². The number of carbonyl (C=O) groups is 2. The van der Waals surface area contributed by atoms with Crippen LogP contribution in [-0.2, 0) is 19.9 Å². The maximum absolute atomic E-state index is 13.3. The molecular formula is C30H34N2O5. The van der Waals surface area contributed by atoms with E-state index in [2.05, 4.69) is 16.9 Å². The van der Waals surface area contributed by atoms with E-state index >= 15 is 0 Å². The SMILES string of the molecule is Cc1cc(C)nc(OC(C(=O)O)C(OCC(=O)C2CCC(C)CC2)(c2ccccc2)c2ccccc2)n1. The van der Waals surface area contributed by atoms with Gasteiger partial charge >= 0.3 is 12.0 Å². The van der Waals surface area contributed by atoms with Crippen LogP contribution in [0.15, 0.2) is 66.7 Å². The minimum atomic E-state index is -1.63. The summed E-state index contributed by atoms with van der Waals surface area (Å²) in [7, 11) is 0. The Balaban J connectivity index is 1.80. The maximum atomic E-state index is 13.3. The van der Waals surface area contributed by atoms with E-state index in [1.807, 2.05) is 36.4 Å². The molecule has 37 heavy (non-hydrogen) atoms. The van der Waals surface area contributed by atoms with Gasteiger partial charge in [-0.15, -0.1) is 0 Å². The first kappa shape index (κ1) is 26.5. The molecule has 2 aromatic carbocycles. The Bertz CT molecular complexity index is 1150. The van der Waals surface area contributed by atoms with Gasteiger partial charge in [-0.2, -0.15) is 0 Å². The van der Waals surface area contributed by atoms with Crippen LogP contribution >= 0.6 is 0 Å². The number of ether oxygens (including phenoxy) is 2. The molecule has 1 N–H and O–H groups in total. The fourth-order valence-corrected chi connectivity index (χ4v) is 5.13. The number of carboxylic acids is 1. The zero-order chi connectivity index (χ0) is 26.4. The molecule has 1 aliphatic rings. The van der Waals surface area contributed by atoms with E-state index in [0.717, 1.165) is 25.7 Å². The van der Waals surface area contributed by atoms with E-state index in [0.29, 0.717) is 28.4 Å². The molecule has 7 nitrogen and oxygen atoms in total. The van der Waals surface area contributed by atoms with Gasteiger partial charge in [-0.3, -0.25) is 4.79 Å². The third-order valence-electron chi connectivity index (χ3n) is 7.10. The summed E-state index contributed by atoms with van der Waals surface area (Å²) in [5, 5.41) is 10.5. The first-order valence-corrected chi connectivity index (χ1v) is 12.8. The molecule has 1 aromatic heterocycles. The molecule has 1 aliphatic carbocycles. The molecule has 0 radical (unpaired) electrons. The highest BCUT2D eigenvalue weighted by Crippen LogP contribution is 2.40. The van der Waals surface area contributed by atoms with Crippen LogP contribution in [0.1, 0.15) is 55.1 Å². The molecule has 1 unspecified atom stereocenters. The Labute approximate surface area is 217 Å². The number of nitrogens with zero attached hydrogens (tertiary/aromatic N) is 2. The average Bonchev–Trinajstić information content (AvgIpc) is 2.89. The van der Waals surface area contributed by atoms with Crippen LogP contribution in [0.3, 0.4) is 0 Å². The van der Waals surface area contributed by atoms with Gasteiger partial charge in [-0.25, -0.2) is 14.8 Å². The summed E-state index contributed by atoms with van der Waals surface area (Å²) in [5.41, 5.74) is 0.789. The Morgan fingerprint density at radius 3 is 1.92 bits per heavy atom. The van der Waals surface area contributed by atoms with E-state index in [4.69, 9.17) is 9.47 Å². The first-order valence-electron chi connectivity index (χ1n) is 12.8. The molecule has 3 aromatic rings. The molecule has 0 spiro atoms. The number of aliphatic carboxylic acids is 1. The molecule has 0 bridgehead atoms. The van der Waals surface area contributed by atoms with Gasteiger partial charge in [0.1, 0.15) is 6.61 Å². The topological polar surface area (TPSA) is 98.6 Å². The van der Waals surface area contributed by atoms with Crippen LogP contribution in [0.5, 0.6) is 6.01 Å². The van der Waals surface area contributed by atoms with Gasteiger partial charge in [-0.1, -0.05) is 80.4 Å². The summed E-state index contributed by atoms with van der Waals surface area (Å²) in [4.78, 5) is 34.8. The standard InChI is InChI=1S/C30H34N2O5/c1-20-14-16-23(17-15-20)26(33)19-36-30(24-10-6-4-7-11-24,25-12-8-5-9-13-25)27(28(34)35)37-29-31-21(2)18-22(3)32-29/h4-13,18,20,23,27H,14-17,19H2,1-3H3,(H,34,35). The monoisotopic (exact) mass is 502 g/mol. The third kappa shape index (κ3) is 6.05.